The van der Waals surface area contributed by atoms with Crippen molar-refractivity contribution < 1.29 is 4.79 Å². The highest BCUT2D eigenvalue weighted by Crippen LogP contribution is 2.31. The Morgan fingerprint density at radius 1 is 1.04 bits per heavy atom. The molecule has 1 saturated heterocycles. The number of carbonyl (C=O) groups is 1. The number of carbonyl (C=O) groups excluding carboxylic acids is 1. The number of aromatic nitrogens is 4. The van der Waals surface area contributed by atoms with Crippen molar-refractivity contribution in [1.29, 1.82) is 0 Å². The highest BCUT2D eigenvalue weighted by molar-refractivity contribution is 5.79. The summed E-state index contributed by atoms with van der Waals surface area (Å²) in [5, 5.41) is 12.3. The van der Waals surface area contributed by atoms with Gasteiger partial charge in [0, 0.05) is 24.9 Å². The van der Waals surface area contributed by atoms with Gasteiger partial charge in [0.2, 0.25) is 5.91 Å². The molecule has 2 heterocycles. The van der Waals surface area contributed by atoms with Gasteiger partial charge in [-0.1, -0.05) is 31.0 Å². The first-order chi connectivity index (χ1) is 11.8. The molecule has 1 atom stereocenters. The smallest absolute Gasteiger partial charge is 0.225 e. The minimum atomic E-state index is 0.208. The van der Waals surface area contributed by atoms with Crippen molar-refractivity contribution in [3.05, 3.63) is 36.2 Å². The lowest BCUT2D eigenvalue weighted by Gasteiger charge is -2.33. The fraction of sp³-hybridized carbons (Fsp3) is 0.556. The van der Waals surface area contributed by atoms with Gasteiger partial charge in [-0.05, 0) is 48.2 Å². The second kappa shape index (κ2) is 6.71. The molecule has 24 heavy (non-hydrogen) atoms. The van der Waals surface area contributed by atoms with Crippen LogP contribution in [0, 0.1) is 5.92 Å². The van der Waals surface area contributed by atoms with E-state index in [1.165, 1.54) is 12.8 Å². The van der Waals surface area contributed by atoms with Crippen LogP contribution in [-0.2, 0) is 4.79 Å². The van der Waals surface area contributed by atoms with Crippen LogP contribution in [0.4, 0.5) is 0 Å². The van der Waals surface area contributed by atoms with Crippen molar-refractivity contribution in [2.24, 2.45) is 5.92 Å². The van der Waals surface area contributed by atoms with Crippen LogP contribution in [0.1, 0.15) is 50.3 Å². The first-order valence-electron chi connectivity index (χ1n) is 8.95. The van der Waals surface area contributed by atoms with Crippen LogP contribution in [0.2, 0.25) is 0 Å². The molecule has 1 aromatic heterocycles. The van der Waals surface area contributed by atoms with Crippen molar-refractivity contribution in [2.45, 2.75) is 44.4 Å². The van der Waals surface area contributed by atoms with E-state index in [-0.39, 0.29) is 11.8 Å². The fourth-order valence-corrected chi connectivity index (χ4v) is 4.02. The molecule has 0 bridgehead atoms. The molecule has 0 spiro atoms. The van der Waals surface area contributed by atoms with E-state index in [4.69, 9.17) is 0 Å². The Balaban J connectivity index is 1.53. The Kier molecular flexibility index (Phi) is 4.28. The highest BCUT2D eigenvalue weighted by atomic mass is 16.2. The number of hydrogen-bond donors (Lipinski definition) is 0. The molecule has 6 heteroatoms. The molecule has 2 aliphatic rings. The van der Waals surface area contributed by atoms with Crippen molar-refractivity contribution in [3.8, 4) is 5.69 Å². The summed E-state index contributed by atoms with van der Waals surface area (Å²) in [6.45, 7) is 1.61. The average Bonchev–Trinajstić information content (AvgIpc) is 3.34. The van der Waals surface area contributed by atoms with Crippen molar-refractivity contribution in [2.75, 3.05) is 13.1 Å². The maximum Gasteiger partial charge on any atom is 0.225 e. The Labute approximate surface area is 141 Å². The second-order valence-electron chi connectivity index (χ2n) is 6.89. The third-order valence-electron chi connectivity index (χ3n) is 5.30. The van der Waals surface area contributed by atoms with E-state index < -0.39 is 0 Å². The standard InChI is InChI=1S/C18H23N5O/c24-18(14-7-4-5-8-14)22-12-6-9-15(13-22)17-19-20-21-23(17)16-10-2-1-3-11-16/h1-3,10-11,14-15H,4-9,12-13H2. The van der Waals surface area contributed by atoms with Crippen LogP contribution < -0.4 is 0 Å². The number of hydrogen-bond acceptors (Lipinski definition) is 4. The van der Waals surface area contributed by atoms with Crippen molar-refractivity contribution in [1.82, 2.24) is 25.1 Å². The van der Waals surface area contributed by atoms with Crippen LogP contribution in [0.3, 0.4) is 0 Å². The molecular weight excluding hydrogens is 302 g/mol. The van der Waals surface area contributed by atoms with E-state index in [0.29, 0.717) is 5.91 Å². The van der Waals surface area contributed by atoms with Gasteiger partial charge in [0.1, 0.15) is 0 Å². The molecule has 1 amide bonds. The fourth-order valence-electron chi connectivity index (χ4n) is 4.02. The Morgan fingerprint density at radius 2 is 1.83 bits per heavy atom. The summed E-state index contributed by atoms with van der Waals surface area (Å²) in [6.07, 6.45) is 6.55. The monoisotopic (exact) mass is 325 g/mol. The largest absolute Gasteiger partial charge is 0.342 e. The zero-order valence-electron chi connectivity index (χ0n) is 13.8. The molecule has 2 aromatic rings. The summed E-state index contributed by atoms with van der Waals surface area (Å²) in [5.41, 5.74) is 0.969. The quantitative estimate of drug-likeness (QED) is 0.870. The van der Waals surface area contributed by atoms with E-state index in [1.54, 1.807) is 0 Å². The maximum absolute atomic E-state index is 12.7. The van der Waals surface area contributed by atoms with Crippen molar-refractivity contribution in [3.63, 3.8) is 0 Å². The SMILES string of the molecule is O=C(C1CCCC1)N1CCCC(c2nnnn2-c2ccccc2)C1. The van der Waals surface area contributed by atoms with Crippen LogP contribution in [-0.4, -0.2) is 44.1 Å². The molecule has 4 rings (SSSR count). The maximum atomic E-state index is 12.7. The van der Waals surface area contributed by atoms with E-state index >= 15 is 0 Å². The Bertz CT molecular complexity index is 692. The molecular formula is C18H23N5O. The van der Waals surface area contributed by atoms with Gasteiger partial charge in [-0.3, -0.25) is 4.79 Å². The summed E-state index contributed by atoms with van der Waals surface area (Å²) >= 11 is 0. The van der Waals surface area contributed by atoms with Gasteiger partial charge in [-0.25, -0.2) is 0 Å². The van der Waals surface area contributed by atoms with Gasteiger partial charge in [0.05, 0.1) is 5.69 Å². The van der Waals surface area contributed by atoms with Gasteiger partial charge in [0.15, 0.2) is 5.82 Å². The molecule has 0 radical (unpaired) electrons. The van der Waals surface area contributed by atoms with Crippen LogP contribution in [0.25, 0.3) is 5.69 Å². The minimum Gasteiger partial charge on any atom is -0.342 e. The van der Waals surface area contributed by atoms with Crippen molar-refractivity contribution >= 4 is 5.91 Å². The zero-order chi connectivity index (χ0) is 16.4. The van der Waals surface area contributed by atoms with E-state index in [9.17, 15) is 4.79 Å². The molecule has 2 fully saturated rings. The molecule has 1 saturated carbocycles. The first-order valence-corrected chi connectivity index (χ1v) is 8.95. The number of amides is 1. The lowest BCUT2D eigenvalue weighted by atomic mass is 9.95. The third kappa shape index (κ3) is 2.92. The molecule has 1 aliphatic heterocycles. The summed E-state index contributed by atoms with van der Waals surface area (Å²) in [5.74, 6) is 1.66. The number of para-hydroxylation sites is 1. The van der Waals surface area contributed by atoms with E-state index in [1.807, 2.05) is 39.9 Å². The summed E-state index contributed by atoms with van der Waals surface area (Å²) < 4.78 is 1.81. The number of piperidine rings is 1. The molecule has 6 nitrogen and oxygen atoms in total. The third-order valence-corrected chi connectivity index (χ3v) is 5.30. The number of tetrazole rings is 1. The summed E-state index contributed by atoms with van der Waals surface area (Å²) in [7, 11) is 0. The topological polar surface area (TPSA) is 63.9 Å². The van der Waals surface area contributed by atoms with E-state index in [0.717, 1.165) is 50.3 Å². The normalized spacial score (nSPS) is 22.0. The Hall–Kier alpha value is -2.24. The van der Waals surface area contributed by atoms with Gasteiger partial charge >= 0.3 is 0 Å². The summed E-state index contributed by atoms with van der Waals surface area (Å²) in [6, 6.07) is 9.96. The number of rotatable bonds is 3. The number of likely N-dealkylation sites (tertiary alicyclic amines) is 1. The van der Waals surface area contributed by atoms with Crippen LogP contribution >= 0.6 is 0 Å². The zero-order valence-corrected chi connectivity index (χ0v) is 13.8. The van der Waals surface area contributed by atoms with Crippen LogP contribution in [0.15, 0.2) is 30.3 Å². The lowest BCUT2D eigenvalue weighted by molar-refractivity contribution is -0.136. The van der Waals surface area contributed by atoms with Gasteiger partial charge in [0.25, 0.3) is 0 Å². The highest BCUT2D eigenvalue weighted by Gasteiger charge is 2.33. The average molecular weight is 325 g/mol. The summed E-state index contributed by atoms with van der Waals surface area (Å²) in [4.78, 5) is 14.8. The molecule has 126 valence electrons. The van der Waals surface area contributed by atoms with Gasteiger partial charge < -0.3 is 4.90 Å². The number of nitrogens with zero attached hydrogens (tertiary/aromatic N) is 5. The predicted molar refractivity (Wildman–Crippen MR) is 89.7 cm³/mol. The molecule has 1 aromatic carbocycles. The lowest BCUT2D eigenvalue weighted by Crippen LogP contribution is -2.42. The van der Waals surface area contributed by atoms with Gasteiger partial charge in [-0.2, -0.15) is 4.68 Å². The van der Waals surface area contributed by atoms with E-state index in [2.05, 4.69) is 15.5 Å². The second-order valence-corrected chi connectivity index (χ2v) is 6.89. The van der Waals surface area contributed by atoms with Crippen LogP contribution in [0.5, 0.6) is 0 Å². The first kappa shape index (κ1) is 15.3. The minimum absolute atomic E-state index is 0.208. The van der Waals surface area contributed by atoms with Gasteiger partial charge in [-0.15, -0.1) is 5.10 Å². The molecule has 1 aliphatic carbocycles. The Morgan fingerprint density at radius 3 is 2.62 bits per heavy atom. The number of benzene rings is 1. The predicted octanol–water partition coefficient (Wildman–Crippen LogP) is 2.56. The molecule has 1 unspecified atom stereocenters. The molecule has 0 N–H and O–H groups in total.